The van der Waals surface area contributed by atoms with Gasteiger partial charge in [-0.2, -0.15) is 5.10 Å². The first kappa shape index (κ1) is 24.2. The van der Waals surface area contributed by atoms with Crippen molar-refractivity contribution in [1.82, 2.24) is 14.5 Å². The quantitative estimate of drug-likeness (QED) is 0.383. The SMILES string of the molecule is CCOC(=O)NS(=O)(=O)c1ccc(C)cc1-c1ccc(-n2nc(C)c(-c3ccccc3)c2C)cc1. The molecule has 1 aromatic heterocycles. The van der Waals surface area contributed by atoms with Crippen molar-refractivity contribution in [2.24, 2.45) is 0 Å². The fourth-order valence-electron chi connectivity index (χ4n) is 4.13. The normalized spacial score (nSPS) is 11.3. The predicted molar refractivity (Wildman–Crippen MR) is 136 cm³/mol. The number of sulfonamides is 1. The van der Waals surface area contributed by atoms with Crippen LogP contribution in [-0.4, -0.2) is 30.9 Å². The van der Waals surface area contributed by atoms with Gasteiger partial charge in [0.1, 0.15) is 0 Å². The van der Waals surface area contributed by atoms with Gasteiger partial charge in [-0.15, -0.1) is 0 Å². The first-order chi connectivity index (χ1) is 16.7. The Kier molecular flexibility index (Phi) is 6.75. The van der Waals surface area contributed by atoms with Gasteiger partial charge in [-0.25, -0.2) is 22.6 Å². The van der Waals surface area contributed by atoms with E-state index in [1.165, 1.54) is 6.07 Å². The van der Waals surface area contributed by atoms with Crippen molar-refractivity contribution in [2.75, 3.05) is 6.61 Å². The first-order valence-electron chi connectivity index (χ1n) is 11.2. The summed E-state index contributed by atoms with van der Waals surface area (Å²) in [5, 5.41) is 4.74. The van der Waals surface area contributed by atoms with E-state index < -0.39 is 16.1 Å². The molecule has 180 valence electrons. The summed E-state index contributed by atoms with van der Waals surface area (Å²) >= 11 is 0. The Bertz CT molecular complexity index is 1480. The van der Waals surface area contributed by atoms with Crippen LogP contribution in [0.3, 0.4) is 0 Å². The molecule has 0 spiro atoms. The van der Waals surface area contributed by atoms with Crippen LogP contribution in [0.25, 0.3) is 27.9 Å². The number of aryl methyl sites for hydroxylation is 2. The molecule has 0 fully saturated rings. The second-order valence-corrected chi connectivity index (χ2v) is 9.85. The Morgan fingerprint density at radius 2 is 1.63 bits per heavy atom. The molecule has 0 bridgehead atoms. The zero-order chi connectivity index (χ0) is 25.2. The summed E-state index contributed by atoms with van der Waals surface area (Å²) in [5.74, 6) is 0. The van der Waals surface area contributed by atoms with Gasteiger partial charge in [0.05, 0.1) is 22.9 Å². The molecule has 0 saturated carbocycles. The first-order valence-corrected chi connectivity index (χ1v) is 12.7. The molecule has 3 aromatic carbocycles. The number of carbonyl (C=O) groups is 1. The summed E-state index contributed by atoms with van der Waals surface area (Å²) < 4.78 is 34.4. The number of hydrogen-bond donors (Lipinski definition) is 1. The maximum Gasteiger partial charge on any atom is 0.421 e. The summed E-state index contributed by atoms with van der Waals surface area (Å²) in [6, 6.07) is 22.6. The number of hydrogen-bond acceptors (Lipinski definition) is 5. The van der Waals surface area contributed by atoms with Crippen LogP contribution in [0.4, 0.5) is 4.79 Å². The van der Waals surface area contributed by atoms with Crippen LogP contribution in [0.15, 0.2) is 77.7 Å². The number of ether oxygens (including phenoxy) is 1. The molecule has 0 unspecified atom stereocenters. The van der Waals surface area contributed by atoms with Crippen molar-refractivity contribution in [1.29, 1.82) is 0 Å². The van der Waals surface area contributed by atoms with Crippen LogP contribution >= 0.6 is 0 Å². The highest BCUT2D eigenvalue weighted by Crippen LogP contribution is 2.31. The van der Waals surface area contributed by atoms with E-state index in [4.69, 9.17) is 9.84 Å². The van der Waals surface area contributed by atoms with Crippen molar-refractivity contribution >= 4 is 16.1 Å². The molecule has 0 saturated heterocycles. The summed E-state index contributed by atoms with van der Waals surface area (Å²) in [6.45, 7) is 7.58. The number of carbonyl (C=O) groups excluding carboxylic acids is 1. The van der Waals surface area contributed by atoms with E-state index in [9.17, 15) is 13.2 Å². The minimum absolute atomic E-state index is 0.00128. The van der Waals surface area contributed by atoms with Gasteiger partial charge >= 0.3 is 6.09 Å². The Morgan fingerprint density at radius 1 is 0.943 bits per heavy atom. The zero-order valence-corrected chi connectivity index (χ0v) is 20.9. The smallest absolute Gasteiger partial charge is 0.421 e. The molecule has 0 radical (unpaired) electrons. The minimum atomic E-state index is -4.12. The molecule has 8 heteroatoms. The number of amides is 1. The number of nitrogens with one attached hydrogen (secondary N) is 1. The van der Waals surface area contributed by atoms with Crippen molar-refractivity contribution in [2.45, 2.75) is 32.6 Å². The topological polar surface area (TPSA) is 90.3 Å². The lowest BCUT2D eigenvalue weighted by Crippen LogP contribution is -2.31. The predicted octanol–water partition coefficient (Wildman–Crippen LogP) is 5.57. The van der Waals surface area contributed by atoms with Gasteiger partial charge in [0.25, 0.3) is 10.0 Å². The largest absolute Gasteiger partial charge is 0.449 e. The average molecular weight is 490 g/mol. The molecule has 1 N–H and O–H groups in total. The number of aromatic nitrogens is 2. The highest BCUT2D eigenvalue weighted by molar-refractivity contribution is 7.90. The van der Waals surface area contributed by atoms with E-state index in [1.54, 1.807) is 19.1 Å². The van der Waals surface area contributed by atoms with Crippen LogP contribution < -0.4 is 4.72 Å². The van der Waals surface area contributed by atoms with Gasteiger partial charge in [-0.05, 0) is 57.0 Å². The van der Waals surface area contributed by atoms with Gasteiger partial charge in [0.2, 0.25) is 0 Å². The van der Waals surface area contributed by atoms with Crippen LogP contribution in [0.5, 0.6) is 0 Å². The van der Waals surface area contributed by atoms with E-state index in [2.05, 4.69) is 12.1 Å². The third-order valence-corrected chi connectivity index (χ3v) is 7.06. The maximum absolute atomic E-state index is 12.9. The molecule has 7 nitrogen and oxygen atoms in total. The lowest BCUT2D eigenvalue weighted by Gasteiger charge is -2.13. The van der Waals surface area contributed by atoms with Crippen LogP contribution in [0.2, 0.25) is 0 Å². The van der Waals surface area contributed by atoms with Gasteiger partial charge in [0.15, 0.2) is 0 Å². The number of rotatable bonds is 6. The second-order valence-electron chi connectivity index (χ2n) is 8.20. The van der Waals surface area contributed by atoms with Gasteiger partial charge < -0.3 is 4.74 Å². The average Bonchev–Trinajstić information content (AvgIpc) is 3.13. The molecule has 4 rings (SSSR count). The van der Waals surface area contributed by atoms with E-state index in [0.717, 1.165) is 33.8 Å². The highest BCUT2D eigenvalue weighted by Gasteiger charge is 2.23. The fourth-order valence-corrected chi connectivity index (χ4v) is 5.23. The Balaban J connectivity index is 1.72. The van der Waals surface area contributed by atoms with Crippen LogP contribution in [0, 0.1) is 20.8 Å². The molecular weight excluding hydrogens is 462 g/mol. The van der Waals surface area contributed by atoms with Crippen molar-refractivity contribution < 1.29 is 17.9 Å². The molecular formula is C27H27N3O4S. The zero-order valence-electron chi connectivity index (χ0n) is 20.1. The monoisotopic (exact) mass is 489 g/mol. The van der Waals surface area contributed by atoms with E-state index in [1.807, 2.05) is 72.6 Å². The molecule has 0 atom stereocenters. The third kappa shape index (κ3) is 4.97. The molecule has 1 amide bonds. The maximum atomic E-state index is 12.9. The standard InChI is InChI=1S/C27H27N3O4S/c1-5-34-27(31)29-35(32,33)25-16-11-18(2)17-24(25)21-12-14-23(15-13-21)30-20(4)26(19(3)28-30)22-9-7-6-8-10-22/h6-17H,5H2,1-4H3,(H,29,31). The highest BCUT2D eigenvalue weighted by atomic mass is 32.2. The molecule has 0 aliphatic heterocycles. The van der Waals surface area contributed by atoms with Crippen molar-refractivity contribution in [3.63, 3.8) is 0 Å². The number of nitrogens with zero attached hydrogens (tertiary/aromatic N) is 2. The summed E-state index contributed by atoms with van der Waals surface area (Å²) in [7, 11) is -4.12. The fraction of sp³-hybridized carbons (Fsp3) is 0.185. The molecule has 0 aliphatic carbocycles. The lowest BCUT2D eigenvalue weighted by atomic mass is 10.0. The number of benzene rings is 3. The summed E-state index contributed by atoms with van der Waals surface area (Å²) in [4.78, 5) is 11.8. The van der Waals surface area contributed by atoms with Gasteiger partial charge in [-0.3, -0.25) is 0 Å². The van der Waals surface area contributed by atoms with Crippen molar-refractivity contribution in [3.8, 4) is 27.9 Å². The molecule has 4 aromatic rings. The van der Waals surface area contributed by atoms with E-state index in [-0.39, 0.29) is 11.5 Å². The Hall–Kier alpha value is -3.91. The summed E-state index contributed by atoms with van der Waals surface area (Å²) in [6.07, 6.45) is -1.01. The lowest BCUT2D eigenvalue weighted by molar-refractivity contribution is 0.158. The van der Waals surface area contributed by atoms with Gasteiger partial charge in [0, 0.05) is 16.8 Å². The molecule has 35 heavy (non-hydrogen) atoms. The van der Waals surface area contributed by atoms with Crippen LogP contribution in [-0.2, 0) is 14.8 Å². The van der Waals surface area contributed by atoms with E-state index >= 15 is 0 Å². The van der Waals surface area contributed by atoms with Crippen LogP contribution in [0.1, 0.15) is 23.9 Å². The van der Waals surface area contributed by atoms with E-state index in [0.29, 0.717) is 11.1 Å². The van der Waals surface area contributed by atoms with Gasteiger partial charge in [-0.1, -0.05) is 60.2 Å². The molecule has 1 heterocycles. The summed E-state index contributed by atoms with van der Waals surface area (Å²) in [5.41, 5.74) is 7.08. The third-order valence-electron chi connectivity index (χ3n) is 5.69. The Morgan fingerprint density at radius 3 is 2.29 bits per heavy atom. The van der Waals surface area contributed by atoms with Crippen molar-refractivity contribution in [3.05, 3.63) is 89.7 Å². The molecule has 0 aliphatic rings. The Labute approximate surface area is 205 Å². The second kappa shape index (κ2) is 9.76. The minimum Gasteiger partial charge on any atom is -0.449 e.